The van der Waals surface area contributed by atoms with Crippen molar-refractivity contribution >= 4 is 17.3 Å². The van der Waals surface area contributed by atoms with Crippen LogP contribution in [0.15, 0.2) is 36.4 Å². The Morgan fingerprint density at radius 2 is 1.95 bits per heavy atom. The molecule has 0 unspecified atom stereocenters. The second-order valence-electron chi connectivity index (χ2n) is 4.64. The Hall–Kier alpha value is -2.80. The minimum absolute atomic E-state index is 0.246. The Kier molecular flexibility index (Phi) is 3.72. The number of nitrogens with two attached hydrogens (primary N) is 1. The summed E-state index contributed by atoms with van der Waals surface area (Å²) in [6, 6.07) is 12.6. The lowest BCUT2D eigenvalue weighted by atomic mass is 10.1. The van der Waals surface area contributed by atoms with Crippen LogP contribution >= 0.6 is 0 Å². The molecular weight excluding hydrogens is 250 g/mol. The number of amides is 1. The molecule has 0 saturated heterocycles. The zero-order valence-electron chi connectivity index (χ0n) is 11.4. The fraction of sp³-hybridized carbons (Fsp3) is 0.125. The number of carbonyl (C=O) groups excluding carboxylic acids is 1. The van der Waals surface area contributed by atoms with Gasteiger partial charge in [0.1, 0.15) is 6.07 Å². The molecule has 20 heavy (non-hydrogen) atoms. The number of aryl methyl sites for hydroxylation is 2. The quantitative estimate of drug-likeness (QED) is 0.819. The lowest BCUT2D eigenvalue weighted by Crippen LogP contribution is -2.14. The van der Waals surface area contributed by atoms with Crippen molar-refractivity contribution in [2.45, 2.75) is 13.8 Å². The molecule has 4 heteroatoms. The molecule has 1 amide bonds. The lowest BCUT2D eigenvalue weighted by Gasteiger charge is -2.10. The molecule has 0 fully saturated rings. The van der Waals surface area contributed by atoms with Crippen LogP contribution in [0.1, 0.15) is 27.0 Å². The first-order valence-electron chi connectivity index (χ1n) is 6.20. The second-order valence-corrected chi connectivity index (χ2v) is 4.64. The maximum Gasteiger partial charge on any atom is 0.255 e. The van der Waals surface area contributed by atoms with Crippen LogP contribution in [0.3, 0.4) is 0 Å². The van der Waals surface area contributed by atoms with Crippen molar-refractivity contribution in [3.63, 3.8) is 0 Å². The van der Waals surface area contributed by atoms with Gasteiger partial charge in [0.05, 0.1) is 11.3 Å². The Labute approximate surface area is 117 Å². The number of nitriles is 1. The summed E-state index contributed by atoms with van der Waals surface area (Å²) in [5, 5.41) is 11.9. The molecule has 3 N–H and O–H groups in total. The molecule has 2 aromatic rings. The van der Waals surface area contributed by atoms with Gasteiger partial charge in [-0.15, -0.1) is 0 Å². The summed E-state index contributed by atoms with van der Waals surface area (Å²) in [6.45, 7) is 3.66. The number of benzene rings is 2. The largest absolute Gasteiger partial charge is 0.399 e. The summed E-state index contributed by atoms with van der Waals surface area (Å²) in [6.07, 6.45) is 0. The first-order valence-corrected chi connectivity index (χ1v) is 6.20. The molecular formula is C16H15N3O. The van der Waals surface area contributed by atoms with Gasteiger partial charge in [-0.2, -0.15) is 5.26 Å². The molecule has 0 aliphatic carbocycles. The van der Waals surface area contributed by atoms with Gasteiger partial charge in [-0.1, -0.05) is 12.1 Å². The van der Waals surface area contributed by atoms with Crippen LogP contribution in [0.25, 0.3) is 0 Å². The maximum atomic E-state index is 12.3. The van der Waals surface area contributed by atoms with Gasteiger partial charge in [-0.05, 0) is 49.2 Å². The third-order valence-corrected chi connectivity index (χ3v) is 3.13. The average Bonchev–Trinajstić information content (AvgIpc) is 2.38. The smallest absolute Gasteiger partial charge is 0.255 e. The van der Waals surface area contributed by atoms with Crippen molar-refractivity contribution in [1.82, 2.24) is 0 Å². The standard InChI is InChI=1S/C16H15N3O/c1-10-4-3-5-15(14(10)9-17)19-16(20)13-7-6-12(18)8-11(13)2/h3-8H,18H2,1-2H3,(H,19,20). The van der Waals surface area contributed by atoms with Crippen LogP contribution < -0.4 is 11.1 Å². The van der Waals surface area contributed by atoms with Gasteiger partial charge >= 0.3 is 0 Å². The van der Waals surface area contributed by atoms with E-state index in [0.717, 1.165) is 11.1 Å². The first kappa shape index (κ1) is 13.6. The second kappa shape index (κ2) is 5.45. The molecule has 0 heterocycles. The number of nitrogens with zero attached hydrogens (tertiary/aromatic N) is 1. The summed E-state index contributed by atoms with van der Waals surface area (Å²) < 4.78 is 0. The van der Waals surface area contributed by atoms with Gasteiger partial charge in [0.2, 0.25) is 0 Å². The van der Waals surface area contributed by atoms with Crippen LogP contribution in [0, 0.1) is 25.2 Å². The average molecular weight is 265 g/mol. The highest BCUT2D eigenvalue weighted by molar-refractivity contribution is 6.06. The first-order chi connectivity index (χ1) is 9.52. The molecule has 0 bridgehead atoms. The van der Waals surface area contributed by atoms with E-state index in [9.17, 15) is 4.79 Å². The minimum atomic E-state index is -0.246. The van der Waals surface area contributed by atoms with Crippen molar-refractivity contribution in [2.75, 3.05) is 11.1 Å². The normalized spacial score (nSPS) is 9.85. The van der Waals surface area contributed by atoms with Gasteiger partial charge in [0, 0.05) is 11.3 Å². The monoisotopic (exact) mass is 265 g/mol. The molecule has 4 nitrogen and oxygen atoms in total. The number of rotatable bonds is 2. The van der Waals surface area contributed by atoms with E-state index in [-0.39, 0.29) is 5.91 Å². The van der Waals surface area contributed by atoms with E-state index in [1.807, 2.05) is 26.0 Å². The third-order valence-electron chi connectivity index (χ3n) is 3.13. The summed E-state index contributed by atoms with van der Waals surface area (Å²) in [5.41, 5.74) is 9.47. The molecule has 2 rings (SSSR count). The van der Waals surface area contributed by atoms with Crippen LogP contribution in [0.4, 0.5) is 11.4 Å². The molecule has 0 radical (unpaired) electrons. The van der Waals surface area contributed by atoms with E-state index in [2.05, 4.69) is 11.4 Å². The number of hydrogen-bond donors (Lipinski definition) is 2. The SMILES string of the molecule is Cc1cc(N)ccc1C(=O)Nc1cccc(C)c1C#N. The maximum absolute atomic E-state index is 12.3. The molecule has 0 spiro atoms. The Balaban J connectivity index is 2.33. The van der Waals surface area contributed by atoms with Crippen molar-refractivity contribution < 1.29 is 4.79 Å². The topological polar surface area (TPSA) is 78.9 Å². The van der Waals surface area contributed by atoms with Crippen LogP contribution in [-0.4, -0.2) is 5.91 Å². The molecule has 100 valence electrons. The van der Waals surface area contributed by atoms with Gasteiger partial charge in [0.15, 0.2) is 0 Å². The van der Waals surface area contributed by atoms with Gasteiger partial charge < -0.3 is 11.1 Å². The summed E-state index contributed by atoms with van der Waals surface area (Å²) in [4.78, 5) is 12.3. The van der Waals surface area contributed by atoms with Crippen molar-refractivity contribution in [1.29, 1.82) is 5.26 Å². The van der Waals surface area contributed by atoms with Crippen LogP contribution in [0.5, 0.6) is 0 Å². The van der Waals surface area contributed by atoms with Gasteiger partial charge in [0.25, 0.3) is 5.91 Å². The predicted octanol–water partition coefficient (Wildman–Crippen LogP) is 3.01. The molecule has 0 aromatic heterocycles. The number of nitrogens with one attached hydrogen (secondary N) is 1. The predicted molar refractivity (Wildman–Crippen MR) is 79.4 cm³/mol. The van der Waals surface area contributed by atoms with E-state index < -0.39 is 0 Å². The highest BCUT2D eigenvalue weighted by Gasteiger charge is 2.12. The number of carbonyl (C=O) groups is 1. The zero-order valence-corrected chi connectivity index (χ0v) is 11.4. The summed E-state index contributed by atoms with van der Waals surface area (Å²) >= 11 is 0. The molecule has 0 aliphatic heterocycles. The van der Waals surface area contributed by atoms with Gasteiger partial charge in [-0.3, -0.25) is 4.79 Å². The minimum Gasteiger partial charge on any atom is -0.399 e. The van der Waals surface area contributed by atoms with Crippen molar-refractivity contribution in [3.8, 4) is 6.07 Å². The highest BCUT2D eigenvalue weighted by Crippen LogP contribution is 2.20. The van der Waals surface area contributed by atoms with Crippen molar-refractivity contribution in [2.24, 2.45) is 0 Å². The van der Waals surface area contributed by atoms with Crippen LogP contribution in [0.2, 0.25) is 0 Å². The molecule has 0 saturated carbocycles. The lowest BCUT2D eigenvalue weighted by molar-refractivity contribution is 0.102. The fourth-order valence-electron chi connectivity index (χ4n) is 2.05. The highest BCUT2D eigenvalue weighted by atomic mass is 16.1. The van der Waals surface area contributed by atoms with Crippen molar-refractivity contribution in [3.05, 3.63) is 58.7 Å². The number of nitrogen functional groups attached to an aromatic ring is 1. The Morgan fingerprint density at radius 1 is 1.20 bits per heavy atom. The van der Waals surface area contributed by atoms with E-state index in [4.69, 9.17) is 11.0 Å². The molecule has 2 aromatic carbocycles. The van der Waals surface area contributed by atoms with Gasteiger partial charge in [-0.25, -0.2) is 0 Å². The molecule has 0 atom stereocenters. The third kappa shape index (κ3) is 2.62. The Morgan fingerprint density at radius 3 is 2.60 bits per heavy atom. The number of hydrogen-bond acceptors (Lipinski definition) is 3. The van der Waals surface area contributed by atoms with E-state index in [0.29, 0.717) is 22.5 Å². The molecule has 0 aliphatic rings. The van der Waals surface area contributed by atoms with E-state index >= 15 is 0 Å². The van der Waals surface area contributed by atoms with Crippen LogP contribution in [-0.2, 0) is 0 Å². The summed E-state index contributed by atoms with van der Waals surface area (Å²) in [5.74, 6) is -0.246. The van der Waals surface area contributed by atoms with E-state index in [1.165, 1.54) is 0 Å². The number of anilines is 2. The summed E-state index contributed by atoms with van der Waals surface area (Å²) in [7, 11) is 0. The zero-order chi connectivity index (χ0) is 14.7. The Bertz CT molecular complexity index is 714. The fourth-order valence-corrected chi connectivity index (χ4v) is 2.05. The van der Waals surface area contributed by atoms with E-state index in [1.54, 1.807) is 24.3 Å².